The Bertz CT molecular complexity index is 366. The Morgan fingerprint density at radius 2 is 2.06 bits per heavy atom. The lowest BCUT2D eigenvalue weighted by Gasteiger charge is -2.14. The largest absolute Gasteiger partial charge is 0.490 e. The monoisotopic (exact) mass is 251 g/mol. The van der Waals surface area contributed by atoms with Crippen LogP contribution in [0, 0.1) is 5.92 Å². The van der Waals surface area contributed by atoms with Gasteiger partial charge in [0, 0.05) is 18.7 Å². The number of aliphatic hydroxyl groups is 1. The summed E-state index contributed by atoms with van der Waals surface area (Å²) in [5, 5.41) is 9.73. The van der Waals surface area contributed by atoms with Crippen molar-refractivity contribution < 1.29 is 14.6 Å². The van der Waals surface area contributed by atoms with E-state index in [2.05, 4.69) is 0 Å². The Kier molecular flexibility index (Phi) is 4.99. The first kappa shape index (κ1) is 13.3. The van der Waals surface area contributed by atoms with Crippen LogP contribution in [-0.2, 0) is 11.3 Å². The highest BCUT2D eigenvalue weighted by molar-refractivity contribution is 5.32. The minimum atomic E-state index is -0.588. The molecule has 0 amide bonds. The molecule has 4 nitrogen and oxygen atoms in total. The van der Waals surface area contributed by atoms with E-state index in [0.29, 0.717) is 13.2 Å². The van der Waals surface area contributed by atoms with Crippen LogP contribution in [-0.4, -0.2) is 31.0 Å². The fourth-order valence-corrected chi connectivity index (χ4v) is 1.70. The molecule has 100 valence electrons. The van der Waals surface area contributed by atoms with Crippen molar-refractivity contribution in [2.75, 3.05) is 19.8 Å². The minimum absolute atomic E-state index is 0.238. The number of benzene rings is 1. The average Bonchev–Trinajstić information content (AvgIpc) is 3.21. The zero-order valence-corrected chi connectivity index (χ0v) is 10.5. The third kappa shape index (κ3) is 4.29. The van der Waals surface area contributed by atoms with Gasteiger partial charge in [0.25, 0.3) is 0 Å². The van der Waals surface area contributed by atoms with Crippen LogP contribution >= 0.6 is 0 Å². The van der Waals surface area contributed by atoms with Gasteiger partial charge in [-0.05, 0) is 24.8 Å². The second-order valence-electron chi connectivity index (χ2n) is 4.76. The highest BCUT2D eigenvalue weighted by Gasteiger charge is 2.21. The molecule has 1 aliphatic rings. The van der Waals surface area contributed by atoms with Gasteiger partial charge < -0.3 is 20.3 Å². The maximum absolute atomic E-state index is 9.73. The lowest BCUT2D eigenvalue weighted by molar-refractivity contribution is 0.00855. The fraction of sp³-hybridized carbons (Fsp3) is 0.571. The van der Waals surface area contributed by atoms with Crippen LogP contribution in [0.3, 0.4) is 0 Å². The molecule has 1 aromatic rings. The zero-order chi connectivity index (χ0) is 12.8. The van der Waals surface area contributed by atoms with Crippen LogP contribution in [0.2, 0.25) is 0 Å². The molecule has 0 bridgehead atoms. The lowest BCUT2D eigenvalue weighted by atomic mass is 10.2. The van der Waals surface area contributed by atoms with Crippen molar-refractivity contribution in [2.24, 2.45) is 11.7 Å². The number of hydrogen-bond donors (Lipinski definition) is 2. The molecule has 0 aliphatic heterocycles. The highest BCUT2D eigenvalue weighted by Crippen LogP contribution is 2.28. The molecule has 0 radical (unpaired) electrons. The first-order valence-electron chi connectivity index (χ1n) is 6.46. The van der Waals surface area contributed by atoms with Crippen LogP contribution in [0.1, 0.15) is 18.4 Å². The van der Waals surface area contributed by atoms with Crippen molar-refractivity contribution in [3.63, 3.8) is 0 Å². The molecule has 1 aromatic carbocycles. The summed E-state index contributed by atoms with van der Waals surface area (Å²) < 4.78 is 11.0. The maximum atomic E-state index is 9.73. The van der Waals surface area contributed by atoms with Gasteiger partial charge in [0.1, 0.15) is 18.5 Å². The molecule has 2 rings (SSSR count). The van der Waals surface area contributed by atoms with Gasteiger partial charge in [-0.2, -0.15) is 0 Å². The van der Waals surface area contributed by atoms with E-state index in [1.807, 2.05) is 24.3 Å². The van der Waals surface area contributed by atoms with Gasteiger partial charge in [-0.25, -0.2) is 0 Å². The Morgan fingerprint density at radius 1 is 1.28 bits per heavy atom. The molecule has 3 N–H and O–H groups in total. The summed E-state index contributed by atoms with van der Waals surface area (Å²) in [6.45, 7) is 1.77. The van der Waals surface area contributed by atoms with Crippen molar-refractivity contribution >= 4 is 0 Å². The summed E-state index contributed by atoms with van der Waals surface area (Å²) >= 11 is 0. The van der Waals surface area contributed by atoms with Crippen molar-refractivity contribution in [2.45, 2.75) is 25.5 Å². The zero-order valence-electron chi connectivity index (χ0n) is 10.5. The average molecular weight is 251 g/mol. The van der Waals surface area contributed by atoms with Crippen LogP contribution in [0.4, 0.5) is 0 Å². The van der Waals surface area contributed by atoms with E-state index in [1.165, 1.54) is 12.8 Å². The predicted molar refractivity (Wildman–Crippen MR) is 69.4 cm³/mol. The third-order valence-corrected chi connectivity index (χ3v) is 2.98. The molecule has 0 heterocycles. The Morgan fingerprint density at radius 3 is 2.78 bits per heavy atom. The minimum Gasteiger partial charge on any atom is -0.490 e. The summed E-state index contributed by atoms with van der Waals surface area (Å²) in [6.07, 6.45) is 1.93. The Hall–Kier alpha value is -1.10. The van der Waals surface area contributed by atoms with E-state index < -0.39 is 6.10 Å². The molecular weight excluding hydrogens is 230 g/mol. The molecule has 4 heteroatoms. The molecule has 1 fully saturated rings. The molecule has 1 aliphatic carbocycles. The van der Waals surface area contributed by atoms with E-state index >= 15 is 0 Å². The smallest absolute Gasteiger partial charge is 0.123 e. The van der Waals surface area contributed by atoms with E-state index in [4.69, 9.17) is 15.2 Å². The fourth-order valence-electron chi connectivity index (χ4n) is 1.70. The third-order valence-electron chi connectivity index (χ3n) is 2.98. The number of hydrogen-bond acceptors (Lipinski definition) is 4. The van der Waals surface area contributed by atoms with Crippen LogP contribution in [0.15, 0.2) is 24.3 Å². The highest BCUT2D eigenvalue weighted by atomic mass is 16.5. The maximum Gasteiger partial charge on any atom is 0.123 e. The molecule has 1 unspecified atom stereocenters. The normalized spacial score (nSPS) is 16.6. The first-order valence-corrected chi connectivity index (χ1v) is 6.46. The van der Waals surface area contributed by atoms with Crippen molar-refractivity contribution in [1.82, 2.24) is 0 Å². The molecule has 0 spiro atoms. The number of nitrogens with two attached hydrogens (primary N) is 1. The van der Waals surface area contributed by atoms with E-state index in [0.717, 1.165) is 23.8 Å². The molecule has 18 heavy (non-hydrogen) atoms. The molecule has 1 saturated carbocycles. The Labute approximate surface area is 108 Å². The van der Waals surface area contributed by atoms with Gasteiger partial charge in [-0.1, -0.05) is 18.2 Å². The summed E-state index contributed by atoms with van der Waals surface area (Å²) in [5.41, 5.74) is 6.56. The summed E-state index contributed by atoms with van der Waals surface area (Å²) in [7, 11) is 0. The van der Waals surface area contributed by atoms with Crippen molar-refractivity contribution in [3.8, 4) is 5.75 Å². The summed E-state index contributed by atoms with van der Waals surface area (Å²) in [4.78, 5) is 0. The predicted octanol–water partition coefficient (Wildman–Crippen LogP) is 1.31. The quantitative estimate of drug-likeness (QED) is 0.731. The van der Waals surface area contributed by atoms with E-state index in [-0.39, 0.29) is 6.61 Å². The number of para-hydroxylation sites is 1. The van der Waals surface area contributed by atoms with Gasteiger partial charge in [0.2, 0.25) is 0 Å². The molecule has 0 saturated heterocycles. The van der Waals surface area contributed by atoms with Gasteiger partial charge >= 0.3 is 0 Å². The number of aliphatic hydroxyl groups excluding tert-OH is 1. The second kappa shape index (κ2) is 6.73. The van der Waals surface area contributed by atoms with Crippen LogP contribution < -0.4 is 10.5 Å². The van der Waals surface area contributed by atoms with E-state index in [1.54, 1.807) is 0 Å². The van der Waals surface area contributed by atoms with Gasteiger partial charge in [-0.3, -0.25) is 0 Å². The van der Waals surface area contributed by atoms with Gasteiger partial charge in [-0.15, -0.1) is 0 Å². The summed E-state index contributed by atoms with van der Waals surface area (Å²) in [6, 6.07) is 7.60. The van der Waals surface area contributed by atoms with Gasteiger partial charge in [0.15, 0.2) is 0 Å². The van der Waals surface area contributed by atoms with Crippen LogP contribution in [0.5, 0.6) is 5.75 Å². The summed E-state index contributed by atoms with van der Waals surface area (Å²) in [5.74, 6) is 1.46. The SMILES string of the molecule is NCc1ccccc1OCC(O)COCC1CC1. The standard InChI is InChI=1S/C14H21NO3/c15-7-12-3-1-2-4-14(12)18-10-13(16)9-17-8-11-5-6-11/h1-4,11,13,16H,5-10,15H2. The van der Waals surface area contributed by atoms with Crippen molar-refractivity contribution in [3.05, 3.63) is 29.8 Å². The van der Waals surface area contributed by atoms with Crippen LogP contribution in [0.25, 0.3) is 0 Å². The van der Waals surface area contributed by atoms with Crippen molar-refractivity contribution in [1.29, 1.82) is 0 Å². The Balaban J connectivity index is 1.68. The lowest BCUT2D eigenvalue weighted by Crippen LogP contribution is -2.24. The molecular formula is C14H21NO3. The molecule has 1 atom stereocenters. The number of rotatable bonds is 8. The topological polar surface area (TPSA) is 64.7 Å². The molecule has 0 aromatic heterocycles. The second-order valence-corrected chi connectivity index (χ2v) is 4.76. The number of ether oxygens (including phenoxy) is 2. The van der Waals surface area contributed by atoms with Gasteiger partial charge in [0.05, 0.1) is 6.61 Å². The first-order chi connectivity index (χ1) is 8.79. The van der Waals surface area contributed by atoms with E-state index in [9.17, 15) is 5.11 Å².